The third-order valence-electron chi connectivity index (χ3n) is 4.68. The van der Waals surface area contributed by atoms with Gasteiger partial charge in [-0.25, -0.2) is 0 Å². The van der Waals surface area contributed by atoms with Gasteiger partial charge in [0.15, 0.2) is 5.75 Å². The Hall–Kier alpha value is -3.16. The van der Waals surface area contributed by atoms with E-state index in [9.17, 15) is 23.1 Å². The fourth-order valence-corrected chi connectivity index (χ4v) is 3.20. The molecule has 5 nitrogen and oxygen atoms in total. The number of benzene rings is 1. The summed E-state index contributed by atoms with van der Waals surface area (Å²) in [5.41, 5.74) is 4.92. The summed E-state index contributed by atoms with van der Waals surface area (Å²) >= 11 is 0. The number of phenols is 1. The SMILES string of the molecule is CCC(Cc1cccnc1-c1cc(C(F)(F)F)c2cccnc2c1O)C(N)=O. The number of carbonyl (C=O) groups excluding carboxylic acids is 1. The number of primary amides is 1. The molecule has 1 unspecified atom stereocenters. The zero-order valence-corrected chi connectivity index (χ0v) is 15.0. The Morgan fingerprint density at radius 2 is 1.89 bits per heavy atom. The van der Waals surface area contributed by atoms with Crippen molar-refractivity contribution in [2.45, 2.75) is 25.9 Å². The second kappa shape index (κ2) is 7.46. The summed E-state index contributed by atoms with van der Waals surface area (Å²) in [6, 6.07) is 6.78. The predicted molar refractivity (Wildman–Crippen MR) is 98.3 cm³/mol. The average Bonchev–Trinajstić information content (AvgIpc) is 2.66. The average molecular weight is 389 g/mol. The summed E-state index contributed by atoms with van der Waals surface area (Å²) in [6.45, 7) is 1.80. The Bertz CT molecular complexity index is 1030. The first kappa shape index (κ1) is 19.6. The summed E-state index contributed by atoms with van der Waals surface area (Å²) in [6.07, 6.45) is -1.23. The van der Waals surface area contributed by atoms with Crippen LogP contribution in [0, 0.1) is 5.92 Å². The molecule has 0 spiro atoms. The van der Waals surface area contributed by atoms with Crippen LogP contribution in [0.4, 0.5) is 13.2 Å². The van der Waals surface area contributed by atoms with Gasteiger partial charge in [-0.15, -0.1) is 0 Å². The van der Waals surface area contributed by atoms with Crippen LogP contribution in [-0.2, 0) is 17.4 Å². The maximum atomic E-state index is 13.6. The number of nitrogens with zero attached hydrogens (tertiary/aromatic N) is 2. The van der Waals surface area contributed by atoms with Crippen molar-refractivity contribution in [1.82, 2.24) is 9.97 Å². The van der Waals surface area contributed by atoms with Gasteiger partial charge in [-0.05, 0) is 36.6 Å². The number of hydrogen-bond acceptors (Lipinski definition) is 4. The Labute approximate surface area is 159 Å². The lowest BCUT2D eigenvalue weighted by molar-refractivity contribution is -0.136. The molecule has 0 bridgehead atoms. The monoisotopic (exact) mass is 389 g/mol. The Balaban J connectivity index is 2.25. The smallest absolute Gasteiger partial charge is 0.417 e. The third-order valence-corrected chi connectivity index (χ3v) is 4.68. The molecule has 1 aromatic carbocycles. The number of pyridine rings is 2. The van der Waals surface area contributed by atoms with Gasteiger partial charge in [0, 0.05) is 29.3 Å². The van der Waals surface area contributed by atoms with Gasteiger partial charge in [0.2, 0.25) is 5.91 Å². The van der Waals surface area contributed by atoms with Gasteiger partial charge in [0.25, 0.3) is 0 Å². The van der Waals surface area contributed by atoms with Crippen LogP contribution >= 0.6 is 0 Å². The molecule has 1 atom stereocenters. The lowest BCUT2D eigenvalue weighted by Crippen LogP contribution is -2.24. The topological polar surface area (TPSA) is 89.1 Å². The summed E-state index contributed by atoms with van der Waals surface area (Å²) in [5, 5.41) is 10.5. The number of aromatic hydroxyl groups is 1. The van der Waals surface area contributed by atoms with Crippen LogP contribution in [0.1, 0.15) is 24.5 Å². The normalized spacial score (nSPS) is 12.9. The molecule has 3 aromatic rings. The molecule has 0 saturated heterocycles. The second-order valence-corrected chi connectivity index (χ2v) is 6.44. The van der Waals surface area contributed by atoms with E-state index in [2.05, 4.69) is 9.97 Å². The van der Waals surface area contributed by atoms with Crippen LogP contribution in [0.25, 0.3) is 22.2 Å². The lowest BCUT2D eigenvalue weighted by atomic mass is 9.92. The largest absolute Gasteiger partial charge is 0.505 e. The first-order valence-corrected chi connectivity index (χ1v) is 8.65. The van der Waals surface area contributed by atoms with E-state index in [-0.39, 0.29) is 28.6 Å². The van der Waals surface area contributed by atoms with Crippen molar-refractivity contribution in [3.05, 3.63) is 53.9 Å². The first-order valence-electron chi connectivity index (χ1n) is 8.65. The molecule has 146 valence electrons. The van der Waals surface area contributed by atoms with E-state index >= 15 is 0 Å². The number of phenolic OH excluding ortho intramolecular Hbond substituents is 1. The molecule has 0 aliphatic carbocycles. The van der Waals surface area contributed by atoms with Crippen LogP contribution in [-0.4, -0.2) is 21.0 Å². The minimum absolute atomic E-state index is 0.0894. The van der Waals surface area contributed by atoms with Gasteiger partial charge in [-0.3, -0.25) is 14.8 Å². The highest BCUT2D eigenvalue weighted by molar-refractivity contribution is 5.94. The van der Waals surface area contributed by atoms with Crippen LogP contribution < -0.4 is 5.73 Å². The molecule has 0 aliphatic rings. The highest BCUT2D eigenvalue weighted by atomic mass is 19.4. The maximum Gasteiger partial charge on any atom is 0.417 e. The Morgan fingerprint density at radius 3 is 2.54 bits per heavy atom. The fourth-order valence-electron chi connectivity index (χ4n) is 3.20. The minimum atomic E-state index is -4.64. The predicted octanol–water partition coefficient (Wildman–Crippen LogP) is 4.08. The minimum Gasteiger partial charge on any atom is -0.505 e. The fraction of sp³-hybridized carbons (Fsp3) is 0.250. The molecule has 8 heteroatoms. The standard InChI is InChI=1S/C20H18F3N3O2/c1-2-11(19(24)28)9-12-5-3-7-25-16(12)14-10-15(20(21,22)23)13-6-4-8-26-17(13)18(14)27/h3-8,10-11,27H,2,9H2,1H3,(H2,24,28). The van der Waals surface area contributed by atoms with Gasteiger partial charge in [-0.2, -0.15) is 13.2 Å². The number of rotatable bonds is 5. The van der Waals surface area contributed by atoms with Crippen LogP contribution in [0.15, 0.2) is 42.7 Å². The molecular formula is C20H18F3N3O2. The molecule has 0 saturated carbocycles. The highest BCUT2D eigenvalue weighted by Gasteiger charge is 2.35. The maximum absolute atomic E-state index is 13.6. The van der Waals surface area contributed by atoms with E-state index in [1.807, 2.05) is 0 Å². The number of nitrogens with two attached hydrogens (primary N) is 1. The number of hydrogen-bond donors (Lipinski definition) is 2. The molecule has 2 heterocycles. The van der Waals surface area contributed by atoms with E-state index in [0.717, 1.165) is 6.07 Å². The highest BCUT2D eigenvalue weighted by Crippen LogP contribution is 2.43. The molecule has 1 amide bonds. The van der Waals surface area contributed by atoms with E-state index in [0.29, 0.717) is 12.0 Å². The summed E-state index contributed by atoms with van der Waals surface area (Å²) in [5.74, 6) is -1.39. The molecule has 0 aliphatic heterocycles. The number of alkyl halides is 3. The molecular weight excluding hydrogens is 371 g/mol. The molecule has 2 aromatic heterocycles. The van der Waals surface area contributed by atoms with Crippen molar-refractivity contribution in [2.24, 2.45) is 11.7 Å². The second-order valence-electron chi connectivity index (χ2n) is 6.44. The third kappa shape index (κ3) is 3.62. The van der Waals surface area contributed by atoms with Gasteiger partial charge >= 0.3 is 6.18 Å². The van der Waals surface area contributed by atoms with Crippen molar-refractivity contribution < 1.29 is 23.1 Å². The molecule has 3 N–H and O–H groups in total. The summed E-state index contributed by atoms with van der Waals surface area (Å²) in [4.78, 5) is 19.7. The summed E-state index contributed by atoms with van der Waals surface area (Å²) < 4.78 is 40.9. The van der Waals surface area contributed by atoms with Crippen molar-refractivity contribution >= 4 is 16.8 Å². The Kier molecular flexibility index (Phi) is 5.22. The molecule has 3 rings (SSSR count). The van der Waals surface area contributed by atoms with E-state index < -0.39 is 29.3 Å². The molecule has 0 fully saturated rings. The van der Waals surface area contributed by atoms with Gasteiger partial charge in [0.1, 0.15) is 5.52 Å². The number of aromatic nitrogens is 2. The van der Waals surface area contributed by atoms with Gasteiger partial charge in [-0.1, -0.05) is 19.1 Å². The number of fused-ring (bicyclic) bond motifs is 1. The zero-order valence-electron chi connectivity index (χ0n) is 15.0. The van der Waals surface area contributed by atoms with Crippen LogP contribution in [0.2, 0.25) is 0 Å². The van der Waals surface area contributed by atoms with E-state index in [4.69, 9.17) is 5.73 Å². The summed E-state index contributed by atoms with van der Waals surface area (Å²) in [7, 11) is 0. The van der Waals surface area contributed by atoms with Crippen molar-refractivity contribution in [2.75, 3.05) is 0 Å². The Morgan fingerprint density at radius 1 is 1.21 bits per heavy atom. The lowest BCUT2D eigenvalue weighted by Gasteiger charge is -2.17. The molecule has 0 radical (unpaired) electrons. The van der Waals surface area contributed by atoms with Crippen molar-refractivity contribution in [1.29, 1.82) is 0 Å². The quantitative estimate of drug-likeness (QED) is 0.688. The number of carbonyl (C=O) groups is 1. The first-order chi connectivity index (χ1) is 13.2. The van der Waals surface area contributed by atoms with Crippen LogP contribution in [0.5, 0.6) is 5.75 Å². The zero-order chi connectivity index (χ0) is 20.5. The van der Waals surface area contributed by atoms with Crippen molar-refractivity contribution in [3.8, 4) is 17.0 Å². The number of amides is 1. The number of halogens is 3. The van der Waals surface area contributed by atoms with Crippen molar-refractivity contribution in [3.63, 3.8) is 0 Å². The molecule has 28 heavy (non-hydrogen) atoms. The van der Waals surface area contributed by atoms with E-state index in [1.54, 1.807) is 19.1 Å². The van der Waals surface area contributed by atoms with Gasteiger partial charge in [0.05, 0.1) is 11.3 Å². The van der Waals surface area contributed by atoms with E-state index in [1.165, 1.54) is 24.5 Å². The van der Waals surface area contributed by atoms with Crippen LogP contribution in [0.3, 0.4) is 0 Å². The van der Waals surface area contributed by atoms with Gasteiger partial charge < -0.3 is 10.8 Å².